The van der Waals surface area contributed by atoms with Crippen LogP contribution in [0, 0.1) is 5.82 Å². The molecule has 0 fully saturated rings. The third-order valence-electron chi connectivity index (χ3n) is 1.67. The van der Waals surface area contributed by atoms with Crippen molar-refractivity contribution >= 4 is 34.1 Å². The molecular formula is C8H4Cl2FN. The smallest absolute Gasteiger partial charge is 0.134 e. The Morgan fingerprint density at radius 2 is 2.00 bits per heavy atom. The van der Waals surface area contributed by atoms with Crippen molar-refractivity contribution in [2.45, 2.75) is 0 Å². The number of nitrogens with one attached hydrogen (secondary N) is 1. The van der Waals surface area contributed by atoms with Gasteiger partial charge in [-0.25, -0.2) is 4.39 Å². The lowest BCUT2D eigenvalue weighted by molar-refractivity contribution is 0.640. The van der Waals surface area contributed by atoms with Gasteiger partial charge in [0.15, 0.2) is 0 Å². The summed E-state index contributed by atoms with van der Waals surface area (Å²) in [5.74, 6) is -0.361. The fraction of sp³-hybridized carbons (Fsp3) is 0. The van der Waals surface area contributed by atoms with Gasteiger partial charge in [-0.05, 0) is 12.1 Å². The van der Waals surface area contributed by atoms with Crippen molar-refractivity contribution in [1.82, 2.24) is 4.98 Å². The monoisotopic (exact) mass is 203 g/mol. The second-order valence-corrected chi connectivity index (χ2v) is 3.17. The van der Waals surface area contributed by atoms with Crippen LogP contribution < -0.4 is 0 Å². The maximum Gasteiger partial charge on any atom is 0.134 e. The summed E-state index contributed by atoms with van der Waals surface area (Å²) in [6.07, 6.45) is 0. The Bertz CT molecular complexity index is 436. The molecule has 62 valence electrons. The van der Waals surface area contributed by atoms with E-state index in [0.29, 0.717) is 10.9 Å². The minimum atomic E-state index is -0.361. The molecule has 0 unspecified atom stereocenters. The quantitative estimate of drug-likeness (QED) is 0.674. The molecular weight excluding hydrogens is 200 g/mol. The van der Waals surface area contributed by atoms with Gasteiger partial charge in [0.2, 0.25) is 0 Å². The first-order valence-electron chi connectivity index (χ1n) is 3.31. The normalized spacial score (nSPS) is 10.9. The van der Waals surface area contributed by atoms with Crippen molar-refractivity contribution in [3.63, 3.8) is 0 Å². The third-order valence-corrected chi connectivity index (χ3v) is 2.43. The Morgan fingerprint density at radius 3 is 2.67 bits per heavy atom. The Morgan fingerprint density at radius 1 is 1.25 bits per heavy atom. The molecule has 0 aliphatic rings. The van der Waals surface area contributed by atoms with Gasteiger partial charge in [-0.15, -0.1) is 0 Å². The van der Waals surface area contributed by atoms with Gasteiger partial charge in [-0.2, -0.15) is 0 Å². The average Bonchev–Trinajstić information content (AvgIpc) is 2.29. The van der Waals surface area contributed by atoms with Gasteiger partial charge >= 0.3 is 0 Å². The van der Waals surface area contributed by atoms with Crippen molar-refractivity contribution in [3.8, 4) is 0 Å². The Labute approximate surface area is 78.1 Å². The summed E-state index contributed by atoms with van der Waals surface area (Å²) in [4.78, 5) is 2.76. The molecule has 12 heavy (non-hydrogen) atoms. The van der Waals surface area contributed by atoms with E-state index in [2.05, 4.69) is 4.98 Å². The molecule has 1 nitrogen and oxygen atoms in total. The van der Waals surface area contributed by atoms with E-state index in [0.717, 1.165) is 0 Å². The molecule has 2 rings (SSSR count). The number of hydrogen-bond donors (Lipinski definition) is 1. The molecule has 0 saturated carbocycles. The number of hydrogen-bond acceptors (Lipinski definition) is 0. The van der Waals surface area contributed by atoms with Crippen LogP contribution in [0.1, 0.15) is 0 Å². The largest absolute Gasteiger partial charge is 0.344 e. The van der Waals surface area contributed by atoms with Crippen molar-refractivity contribution in [2.24, 2.45) is 0 Å². The van der Waals surface area contributed by atoms with E-state index in [9.17, 15) is 4.39 Å². The minimum Gasteiger partial charge on any atom is -0.344 e. The fourth-order valence-electron chi connectivity index (χ4n) is 1.13. The number of benzene rings is 1. The molecule has 4 heteroatoms. The number of aromatic amines is 1. The molecule has 0 bridgehead atoms. The van der Waals surface area contributed by atoms with Crippen LogP contribution in [-0.2, 0) is 0 Å². The van der Waals surface area contributed by atoms with E-state index < -0.39 is 0 Å². The zero-order valence-electron chi connectivity index (χ0n) is 5.87. The predicted molar refractivity (Wildman–Crippen MR) is 48.3 cm³/mol. The summed E-state index contributed by atoms with van der Waals surface area (Å²) in [5.41, 5.74) is 0.616. The first kappa shape index (κ1) is 7.90. The molecule has 1 N–H and O–H groups in total. The Kier molecular flexibility index (Phi) is 1.74. The fourth-order valence-corrected chi connectivity index (χ4v) is 1.57. The zero-order chi connectivity index (χ0) is 8.72. The summed E-state index contributed by atoms with van der Waals surface area (Å²) in [5, 5.41) is 0.866. The minimum absolute atomic E-state index is 0.241. The summed E-state index contributed by atoms with van der Waals surface area (Å²) < 4.78 is 13.1. The maximum absolute atomic E-state index is 13.1. The first-order valence-corrected chi connectivity index (χ1v) is 4.07. The topological polar surface area (TPSA) is 15.8 Å². The average molecular weight is 204 g/mol. The highest BCUT2D eigenvalue weighted by atomic mass is 35.5. The highest BCUT2D eigenvalue weighted by molar-refractivity contribution is 6.45. The van der Waals surface area contributed by atoms with Crippen molar-refractivity contribution in [1.29, 1.82) is 0 Å². The highest BCUT2D eigenvalue weighted by Gasteiger charge is 2.10. The van der Waals surface area contributed by atoms with Crippen molar-refractivity contribution in [3.05, 3.63) is 34.2 Å². The van der Waals surface area contributed by atoms with Crippen LogP contribution in [0.2, 0.25) is 10.2 Å². The van der Waals surface area contributed by atoms with Crippen LogP contribution in [0.15, 0.2) is 18.2 Å². The number of aromatic nitrogens is 1. The molecule has 0 aliphatic heterocycles. The third kappa shape index (κ3) is 0.993. The highest BCUT2D eigenvalue weighted by Crippen LogP contribution is 2.32. The first-order chi connectivity index (χ1) is 5.70. The lowest BCUT2D eigenvalue weighted by atomic mass is 10.2. The Balaban J connectivity index is 2.97. The number of H-pyrrole nitrogens is 1. The van der Waals surface area contributed by atoms with E-state index in [1.165, 1.54) is 6.07 Å². The molecule has 0 amide bonds. The zero-order valence-corrected chi connectivity index (χ0v) is 7.38. The summed E-state index contributed by atoms with van der Waals surface area (Å²) in [6.45, 7) is 0. The number of rotatable bonds is 0. The van der Waals surface area contributed by atoms with Crippen LogP contribution in [0.25, 0.3) is 10.9 Å². The summed E-state index contributed by atoms with van der Waals surface area (Å²) in [6, 6.07) is 4.66. The van der Waals surface area contributed by atoms with Gasteiger partial charge in [0.1, 0.15) is 11.0 Å². The second-order valence-electron chi connectivity index (χ2n) is 2.42. The Hall–Kier alpha value is -0.730. The van der Waals surface area contributed by atoms with Gasteiger partial charge in [-0.1, -0.05) is 29.3 Å². The van der Waals surface area contributed by atoms with E-state index in [4.69, 9.17) is 23.2 Å². The van der Waals surface area contributed by atoms with Crippen LogP contribution >= 0.6 is 23.2 Å². The number of fused-ring (bicyclic) bond motifs is 1. The van der Waals surface area contributed by atoms with Gasteiger partial charge in [0.05, 0.1) is 15.9 Å². The van der Waals surface area contributed by atoms with Gasteiger partial charge in [0.25, 0.3) is 0 Å². The van der Waals surface area contributed by atoms with E-state index >= 15 is 0 Å². The molecule has 2 aromatic rings. The van der Waals surface area contributed by atoms with Gasteiger partial charge < -0.3 is 4.98 Å². The van der Waals surface area contributed by atoms with Crippen molar-refractivity contribution < 1.29 is 4.39 Å². The van der Waals surface area contributed by atoms with Crippen LogP contribution in [0.4, 0.5) is 4.39 Å². The molecule has 0 aliphatic carbocycles. The second kappa shape index (κ2) is 2.64. The van der Waals surface area contributed by atoms with E-state index in [-0.39, 0.29) is 16.0 Å². The molecule has 0 atom stereocenters. The van der Waals surface area contributed by atoms with E-state index in [1.54, 1.807) is 12.1 Å². The van der Waals surface area contributed by atoms with Crippen LogP contribution in [0.5, 0.6) is 0 Å². The molecule has 0 radical (unpaired) electrons. The molecule has 0 spiro atoms. The lowest BCUT2D eigenvalue weighted by Gasteiger charge is -1.90. The van der Waals surface area contributed by atoms with E-state index in [1.807, 2.05) is 0 Å². The number of halogens is 3. The lowest BCUT2D eigenvalue weighted by Crippen LogP contribution is -1.73. The summed E-state index contributed by atoms with van der Waals surface area (Å²) in [7, 11) is 0. The predicted octanol–water partition coefficient (Wildman–Crippen LogP) is 3.61. The molecule has 0 saturated heterocycles. The molecule has 1 aromatic heterocycles. The molecule has 1 aromatic carbocycles. The SMILES string of the molecule is Fc1cccc2[nH]c(Cl)c(Cl)c12. The van der Waals surface area contributed by atoms with Crippen LogP contribution in [0.3, 0.4) is 0 Å². The molecule has 1 heterocycles. The maximum atomic E-state index is 13.1. The summed E-state index contributed by atoms with van der Waals surface area (Å²) >= 11 is 11.4. The van der Waals surface area contributed by atoms with Gasteiger partial charge in [0, 0.05) is 0 Å². The standard InChI is InChI=1S/C8H4Cl2FN/c9-7-6-4(11)2-1-3-5(6)12-8(7)10/h1-3,12H. The van der Waals surface area contributed by atoms with Gasteiger partial charge in [-0.3, -0.25) is 0 Å². The van der Waals surface area contributed by atoms with Crippen molar-refractivity contribution in [2.75, 3.05) is 0 Å². The van der Waals surface area contributed by atoms with Crippen LogP contribution in [-0.4, -0.2) is 4.98 Å².